The minimum absolute atomic E-state index is 0.0571. The Morgan fingerprint density at radius 3 is 2.55 bits per heavy atom. The standard InChI is InChI=1S/C23H28N6O2/c1-3-16-7-9-17(10-8-16)25-23(31)26-18-11-14-28(15-12-18)21-22(30)29(4-2)20-19(27-21)6-5-13-24-20/h5-10,13,18H,3-4,11-12,14-15H2,1-2H3,(H2,25,26,31). The summed E-state index contributed by atoms with van der Waals surface area (Å²) < 4.78 is 1.67. The first-order valence-corrected chi connectivity index (χ1v) is 10.9. The lowest BCUT2D eigenvalue weighted by Crippen LogP contribution is -2.47. The number of piperidine rings is 1. The third-order valence-corrected chi connectivity index (χ3v) is 5.75. The Kier molecular flexibility index (Phi) is 6.16. The summed E-state index contributed by atoms with van der Waals surface area (Å²) >= 11 is 0. The van der Waals surface area contributed by atoms with E-state index in [1.807, 2.05) is 48.2 Å². The molecule has 4 rings (SSSR count). The van der Waals surface area contributed by atoms with Gasteiger partial charge in [-0.05, 0) is 56.0 Å². The van der Waals surface area contributed by atoms with Crippen LogP contribution in [0.4, 0.5) is 16.3 Å². The summed E-state index contributed by atoms with van der Waals surface area (Å²) in [5, 5.41) is 5.94. The van der Waals surface area contributed by atoms with Crippen molar-refractivity contribution in [2.75, 3.05) is 23.3 Å². The highest BCUT2D eigenvalue weighted by atomic mass is 16.2. The molecule has 0 unspecified atom stereocenters. The first-order chi connectivity index (χ1) is 15.1. The van der Waals surface area contributed by atoms with E-state index in [0.29, 0.717) is 36.6 Å². The molecule has 0 saturated carbocycles. The summed E-state index contributed by atoms with van der Waals surface area (Å²) in [5.74, 6) is 0.460. The zero-order chi connectivity index (χ0) is 21.8. The van der Waals surface area contributed by atoms with Crippen molar-refractivity contribution in [1.29, 1.82) is 0 Å². The van der Waals surface area contributed by atoms with E-state index in [-0.39, 0.29) is 17.6 Å². The average Bonchev–Trinajstić information content (AvgIpc) is 2.80. The molecule has 3 heterocycles. The second-order valence-corrected chi connectivity index (χ2v) is 7.74. The SMILES string of the molecule is CCc1ccc(NC(=O)NC2CCN(c3nc4cccnc4n(CC)c3=O)CC2)cc1. The Morgan fingerprint density at radius 2 is 1.87 bits per heavy atom. The maximum absolute atomic E-state index is 13.0. The maximum atomic E-state index is 13.0. The number of anilines is 2. The van der Waals surface area contributed by atoms with Crippen molar-refractivity contribution < 1.29 is 4.79 Å². The lowest BCUT2D eigenvalue weighted by atomic mass is 10.1. The topological polar surface area (TPSA) is 92.2 Å². The number of nitrogens with zero attached hydrogens (tertiary/aromatic N) is 4. The van der Waals surface area contributed by atoms with E-state index >= 15 is 0 Å². The number of aromatic nitrogens is 3. The number of rotatable bonds is 5. The van der Waals surface area contributed by atoms with Crippen LogP contribution in [0.3, 0.4) is 0 Å². The second kappa shape index (κ2) is 9.16. The van der Waals surface area contributed by atoms with Crippen molar-refractivity contribution in [3.63, 3.8) is 0 Å². The molecule has 0 spiro atoms. The fourth-order valence-corrected chi connectivity index (χ4v) is 3.97. The molecule has 2 aromatic heterocycles. The number of carbonyl (C=O) groups is 1. The smallest absolute Gasteiger partial charge is 0.319 e. The van der Waals surface area contributed by atoms with Gasteiger partial charge in [-0.2, -0.15) is 0 Å². The first kappa shape index (κ1) is 20.8. The van der Waals surface area contributed by atoms with E-state index in [1.165, 1.54) is 5.56 Å². The molecule has 0 atom stereocenters. The number of urea groups is 1. The van der Waals surface area contributed by atoms with Crippen LogP contribution in [-0.2, 0) is 13.0 Å². The maximum Gasteiger partial charge on any atom is 0.319 e. The molecule has 1 saturated heterocycles. The number of hydrogen-bond acceptors (Lipinski definition) is 5. The van der Waals surface area contributed by atoms with Crippen molar-refractivity contribution in [3.05, 3.63) is 58.5 Å². The van der Waals surface area contributed by atoms with Crippen molar-refractivity contribution in [2.24, 2.45) is 0 Å². The lowest BCUT2D eigenvalue weighted by molar-refractivity contribution is 0.246. The molecule has 1 aliphatic heterocycles. The first-order valence-electron chi connectivity index (χ1n) is 10.9. The summed E-state index contributed by atoms with van der Waals surface area (Å²) in [7, 11) is 0. The van der Waals surface area contributed by atoms with Crippen LogP contribution in [0.1, 0.15) is 32.3 Å². The number of carbonyl (C=O) groups excluding carboxylic acids is 1. The highest BCUT2D eigenvalue weighted by Gasteiger charge is 2.24. The molecule has 0 aliphatic carbocycles. The van der Waals surface area contributed by atoms with Gasteiger partial charge in [0.05, 0.1) is 0 Å². The summed E-state index contributed by atoms with van der Waals surface area (Å²) in [6.07, 6.45) is 4.15. The van der Waals surface area contributed by atoms with Crippen LogP contribution in [0.5, 0.6) is 0 Å². The molecular weight excluding hydrogens is 392 g/mol. The molecule has 3 aromatic rings. The van der Waals surface area contributed by atoms with E-state index in [9.17, 15) is 9.59 Å². The van der Waals surface area contributed by atoms with Crippen LogP contribution in [0.15, 0.2) is 47.4 Å². The molecular formula is C23H28N6O2. The van der Waals surface area contributed by atoms with Gasteiger partial charge in [-0.25, -0.2) is 14.8 Å². The summed E-state index contributed by atoms with van der Waals surface area (Å²) in [6, 6.07) is 11.4. The zero-order valence-electron chi connectivity index (χ0n) is 18.0. The molecule has 1 aromatic carbocycles. The van der Waals surface area contributed by atoms with E-state index in [4.69, 9.17) is 0 Å². The van der Waals surface area contributed by atoms with Gasteiger partial charge in [0.25, 0.3) is 5.56 Å². The van der Waals surface area contributed by atoms with Gasteiger partial charge in [0.1, 0.15) is 5.52 Å². The normalized spacial score (nSPS) is 14.6. The van der Waals surface area contributed by atoms with Crippen LogP contribution in [0.25, 0.3) is 11.2 Å². The summed E-state index contributed by atoms with van der Waals surface area (Å²) in [5.41, 5.74) is 3.22. The van der Waals surface area contributed by atoms with Crippen molar-refractivity contribution in [1.82, 2.24) is 19.9 Å². The van der Waals surface area contributed by atoms with E-state index in [1.54, 1.807) is 10.8 Å². The van der Waals surface area contributed by atoms with Gasteiger partial charge in [-0.1, -0.05) is 19.1 Å². The third-order valence-electron chi connectivity index (χ3n) is 5.75. The molecule has 8 nitrogen and oxygen atoms in total. The molecule has 0 bridgehead atoms. The Hall–Kier alpha value is -3.42. The van der Waals surface area contributed by atoms with Gasteiger partial charge >= 0.3 is 6.03 Å². The van der Waals surface area contributed by atoms with Gasteiger partial charge in [-0.3, -0.25) is 9.36 Å². The molecule has 0 radical (unpaired) electrons. The Labute approximate surface area is 181 Å². The predicted molar refractivity (Wildman–Crippen MR) is 123 cm³/mol. The van der Waals surface area contributed by atoms with Gasteiger partial charge in [0, 0.05) is 37.6 Å². The zero-order valence-corrected chi connectivity index (χ0v) is 18.0. The predicted octanol–water partition coefficient (Wildman–Crippen LogP) is 3.16. The number of amides is 2. The highest BCUT2D eigenvalue weighted by Crippen LogP contribution is 2.18. The summed E-state index contributed by atoms with van der Waals surface area (Å²) in [6.45, 7) is 5.90. The molecule has 8 heteroatoms. The Bertz CT molecular complexity index is 1120. The Morgan fingerprint density at radius 1 is 1.13 bits per heavy atom. The van der Waals surface area contributed by atoms with Crippen LogP contribution in [0.2, 0.25) is 0 Å². The molecule has 2 amide bonds. The van der Waals surface area contributed by atoms with Gasteiger partial charge < -0.3 is 15.5 Å². The average molecular weight is 421 g/mol. The third kappa shape index (κ3) is 4.52. The van der Waals surface area contributed by atoms with Gasteiger partial charge in [0.2, 0.25) is 0 Å². The number of aryl methyl sites for hydroxylation is 2. The lowest BCUT2D eigenvalue weighted by Gasteiger charge is -2.33. The molecule has 1 aliphatic rings. The number of nitrogens with one attached hydrogen (secondary N) is 2. The molecule has 162 valence electrons. The van der Waals surface area contributed by atoms with Crippen LogP contribution >= 0.6 is 0 Å². The monoisotopic (exact) mass is 420 g/mol. The van der Waals surface area contributed by atoms with E-state index in [0.717, 1.165) is 24.9 Å². The highest BCUT2D eigenvalue weighted by molar-refractivity contribution is 5.89. The quantitative estimate of drug-likeness (QED) is 0.662. The minimum atomic E-state index is -0.203. The molecule has 31 heavy (non-hydrogen) atoms. The second-order valence-electron chi connectivity index (χ2n) is 7.74. The van der Waals surface area contributed by atoms with Gasteiger partial charge in [-0.15, -0.1) is 0 Å². The van der Waals surface area contributed by atoms with E-state index < -0.39 is 0 Å². The molecule has 2 N–H and O–H groups in total. The number of pyridine rings is 1. The number of benzene rings is 1. The largest absolute Gasteiger partial charge is 0.352 e. The fraction of sp³-hybridized carbons (Fsp3) is 0.391. The Balaban J connectivity index is 1.39. The van der Waals surface area contributed by atoms with Crippen molar-refractivity contribution >= 4 is 28.7 Å². The number of fused-ring (bicyclic) bond motifs is 1. The van der Waals surface area contributed by atoms with Crippen LogP contribution in [0, 0.1) is 0 Å². The fourth-order valence-electron chi connectivity index (χ4n) is 3.97. The van der Waals surface area contributed by atoms with Crippen molar-refractivity contribution in [3.8, 4) is 0 Å². The minimum Gasteiger partial charge on any atom is -0.352 e. The van der Waals surface area contributed by atoms with Crippen LogP contribution < -0.4 is 21.1 Å². The van der Waals surface area contributed by atoms with Gasteiger partial charge in [0.15, 0.2) is 11.5 Å². The number of hydrogen-bond donors (Lipinski definition) is 2. The van der Waals surface area contributed by atoms with E-state index in [2.05, 4.69) is 27.5 Å². The van der Waals surface area contributed by atoms with Crippen molar-refractivity contribution in [2.45, 2.75) is 45.7 Å². The molecule has 1 fully saturated rings. The van der Waals surface area contributed by atoms with Crippen LogP contribution in [-0.4, -0.2) is 39.7 Å². The summed E-state index contributed by atoms with van der Waals surface area (Å²) in [4.78, 5) is 36.2.